The van der Waals surface area contributed by atoms with Crippen molar-refractivity contribution in [3.05, 3.63) is 48.5 Å². The molecule has 2 aromatic heterocycles. The standard InChI is InChI=1S/C20H25N5O4/c1-12(7-8-13-5-3-2-4-6-13)24-18-15-19(22-10-21-18)25(11-23-15)20-17(28)16(27)14(9-26)29-20/h2-6,10-12,14,16-17,20,26-28H,7-9H2,1H3,(H,21,22,24)/t12?,14-,16-,17-,20?/m1/s1. The summed E-state index contributed by atoms with van der Waals surface area (Å²) in [5, 5.41) is 33.0. The normalized spacial score (nSPS) is 25.4. The Morgan fingerprint density at radius 3 is 2.66 bits per heavy atom. The first kappa shape index (κ1) is 19.7. The quantitative estimate of drug-likeness (QED) is 0.461. The fourth-order valence-electron chi connectivity index (χ4n) is 3.59. The number of benzene rings is 1. The lowest BCUT2D eigenvalue weighted by molar-refractivity contribution is -0.0511. The summed E-state index contributed by atoms with van der Waals surface area (Å²) in [5.74, 6) is 0.598. The number of hydrogen-bond acceptors (Lipinski definition) is 8. The number of nitrogens with zero attached hydrogens (tertiary/aromatic N) is 4. The molecule has 0 aliphatic carbocycles. The number of aromatic nitrogens is 4. The molecule has 1 aliphatic heterocycles. The summed E-state index contributed by atoms with van der Waals surface area (Å²) >= 11 is 0. The third kappa shape index (κ3) is 3.95. The molecule has 1 aliphatic rings. The van der Waals surface area contributed by atoms with Crippen molar-refractivity contribution in [2.24, 2.45) is 0 Å². The van der Waals surface area contributed by atoms with Crippen LogP contribution in [0.5, 0.6) is 0 Å². The smallest absolute Gasteiger partial charge is 0.167 e. The van der Waals surface area contributed by atoms with E-state index in [-0.39, 0.29) is 12.6 Å². The van der Waals surface area contributed by atoms with Crippen molar-refractivity contribution in [1.82, 2.24) is 19.5 Å². The molecule has 4 rings (SSSR count). The van der Waals surface area contributed by atoms with Crippen molar-refractivity contribution >= 4 is 17.0 Å². The van der Waals surface area contributed by atoms with E-state index in [4.69, 9.17) is 4.74 Å². The Morgan fingerprint density at radius 2 is 1.93 bits per heavy atom. The average Bonchev–Trinajstić information content (AvgIpc) is 3.29. The van der Waals surface area contributed by atoms with Crippen molar-refractivity contribution in [2.45, 2.75) is 50.3 Å². The van der Waals surface area contributed by atoms with Crippen LogP contribution < -0.4 is 5.32 Å². The first-order valence-corrected chi connectivity index (χ1v) is 9.69. The molecule has 1 fully saturated rings. The first-order valence-electron chi connectivity index (χ1n) is 9.69. The number of fused-ring (bicyclic) bond motifs is 1. The van der Waals surface area contributed by atoms with Crippen molar-refractivity contribution in [3.8, 4) is 0 Å². The van der Waals surface area contributed by atoms with Gasteiger partial charge < -0.3 is 25.4 Å². The van der Waals surface area contributed by atoms with Gasteiger partial charge in [0.1, 0.15) is 24.6 Å². The SMILES string of the molecule is CC(CCc1ccccc1)Nc1ncnc2c1ncn2C1O[C@H](CO)[C@@H](O)[C@H]1O. The first-order chi connectivity index (χ1) is 14.1. The van der Waals surface area contributed by atoms with Crippen LogP contribution in [0.2, 0.25) is 0 Å². The van der Waals surface area contributed by atoms with E-state index in [1.165, 1.54) is 18.2 Å². The van der Waals surface area contributed by atoms with Crippen molar-refractivity contribution in [3.63, 3.8) is 0 Å². The second-order valence-electron chi connectivity index (χ2n) is 7.34. The number of aliphatic hydroxyl groups excluding tert-OH is 3. The van der Waals surface area contributed by atoms with Gasteiger partial charge >= 0.3 is 0 Å². The fourth-order valence-corrected chi connectivity index (χ4v) is 3.59. The molecule has 5 atom stereocenters. The van der Waals surface area contributed by atoms with Crippen molar-refractivity contribution in [2.75, 3.05) is 11.9 Å². The van der Waals surface area contributed by atoms with E-state index in [9.17, 15) is 15.3 Å². The summed E-state index contributed by atoms with van der Waals surface area (Å²) in [6, 6.07) is 10.5. The summed E-state index contributed by atoms with van der Waals surface area (Å²) in [6.07, 6.45) is 0.676. The molecule has 2 unspecified atom stereocenters. The van der Waals surface area contributed by atoms with Crippen LogP contribution in [0.1, 0.15) is 25.1 Å². The van der Waals surface area contributed by atoms with Gasteiger partial charge in [-0.25, -0.2) is 15.0 Å². The predicted molar refractivity (Wildman–Crippen MR) is 106 cm³/mol. The summed E-state index contributed by atoms with van der Waals surface area (Å²) in [5.41, 5.74) is 2.31. The summed E-state index contributed by atoms with van der Waals surface area (Å²) in [7, 11) is 0. The number of anilines is 1. The summed E-state index contributed by atoms with van der Waals surface area (Å²) in [4.78, 5) is 13.0. The number of hydrogen-bond donors (Lipinski definition) is 4. The van der Waals surface area contributed by atoms with Gasteiger partial charge in [0.05, 0.1) is 12.9 Å². The molecule has 1 aromatic carbocycles. The Hall–Kier alpha value is -2.59. The van der Waals surface area contributed by atoms with Gasteiger partial charge in [-0.05, 0) is 25.3 Å². The Morgan fingerprint density at radius 1 is 1.14 bits per heavy atom. The van der Waals surface area contributed by atoms with Gasteiger partial charge in [-0.1, -0.05) is 30.3 Å². The van der Waals surface area contributed by atoms with Crippen LogP contribution in [0, 0.1) is 0 Å². The molecule has 9 heteroatoms. The third-order valence-corrected chi connectivity index (χ3v) is 5.24. The van der Waals surface area contributed by atoms with E-state index in [1.807, 2.05) is 18.2 Å². The second kappa shape index (κ2) is 8.42. The number of nitrogens with one attached hydrogen (secondary N) is 1. The predicted octanol–water partition coefficient (Wildman–Crippen LogP) is 0.871. The topological polar surface area (TPSA) is 126 Å². The van der Waals surface area contributed by atoms with E-state index in [0.717, 1.165) is 12.8 Å². The number of aliphatic hydroxyl groups is 3. The Labute approximate surface area is 168 Å². The molecule has 3 aromatic rings. The van der Waals surface area contributed by atoms with Crippen LogP contribution in [0.4, 0.5) is 5.82 Å². The monoisotopic (exact) mass is 399 g/mol. The summed E-state index contributed by atoms with van der Waals surface area (Å²) in [6.45, 7) is 1.70. The fraction of sp³-hybridized carbons (Fsp3) is 0.450. The lowest BCUT2D eigenvalue weighted by Crippen LogP contribution is -2.33. The minimum absolute atomic E-state index is 0.160. The van der Waals surface area contributed by atoms with Crippen LogP contribution in [0.25, 0.3) is 11.2 Å². The Kier molecular flexibility index (Phi) is 5.72. The van der Waals surface area contributed by atoms with E-state index < -0.39 is 24.5 Å². The lowest BCUT2D eigenvalue weighted by Gasteiger charge is -2.17. The van der Waals surface area contributed by atoms with Gasteiger partial charge in [-0.15, -0.1) is 0 Å². The van der Waals surface area contributed by atoms with Gasteiger partial charge in [0.15, 0.2) is 23.2 Å². The van der Waals surface area contributed by atoms with Gasteiger partial charge in [0.2, 0.25) is 0 Å². The van der Waals surface area contributed by atoms with Crippen LogP contribution in [0.3, 0.4) is 0 Å². The van der Waals surface area contributed by atoms with Gasteiger partial charge in [0, 0.05) is 6.04 Å². The molecule has 3 heterocycles. The molecular formula is C20H25N5O4. The zero-order valence-corrected chi connectivity index (χ0v) is 16.1. The maximum Gasteiger partial charge on any atom is 0.167 e. The molecule has 29 heavy (non-hydrogen) atoms. The van der Waals surface area contributed by atoms with E-state index >= 15 is 0 Å². The van der Waals surface area contributed by atoms with Gasteiger partial charge in [-0.3, -0.25) is 4.57 Å². The van der Waals surface area contributed by atoms with Crippen LogP contribution in [0.15, 0.2) is 43.0 Å². The van der Waals surface area contributed by atoms with Crippen LogP contribution in [-0.2, 0) is 11.2 Å². The summed E-state index contributed by atoms with van der Waals surface area (Å²) < 4.78 is 7.14. The molecular weight excluding hydrogens is 374 g/mol. The molecule has 154 valence electrons. The highest BCUT2D eigenvalue weighted by atomic mass is 16.6. The molecule has 9 nitrogen and oxygen atoms in total. The van der Waals surface area contributed by atoms with Gasteiger partial charge in [-0.2, -0.15) is 0 Å². The van der Waals surface area contributed by atoms with Crippen LogP contribution >= 0.6 is 0 Å². The van der Waals surface area contributed by atoms with E-state index in [2.05, 4.69) is 39.3 Å². The third-order valence-electron chi connectivity index (χ3n) is 5.24. The molecule has 0 saturated carbocycles. The Balaban J connectivity index is 1.50. The molecule has 0 amide bonds. The second-order valence-corrected chi connectivity index (χ2v) is 7.34. The maximum absolute atomic E-state index is 10.3. The molecule has 0 bridgehead atoms. The minimum atomic E-state index is -1.19. The van der Waals surface area contributed by atoms with Crippen molar-refractivity contribution < 1.29 is 20.1 Å². The highest BCUT2D eigenvalue weighted by molar-refractivity contribution is 5.82. The number of aryl methyl sites for hydroxylation is 1. The molecule has 4 N–H and O–H groups in total. The molecule has 0 radical (unpaired) electrons. The average molecular weight is 399 g/mol. The lowest BCUT2D eigenvalue weighted by atomic mass is 10.1. The van der Waals surface area contributed by atoms with Gasteiger partial charge in [0.25, 0.3) is 0 Å². The Bertz CT molecular complexity index is 950. The van der Waals surface area contributed by atoms with E-state index in [0.29, 0.717) is 17.0 Å². The number of ether oxygens (including phenoxy) is 1. The number of rotatable bonds is 7. The molecule has 0 spiro atoms. The van der Waals surface area contributed by atoms with Crippen LogP contribution in [-0.4, -0.2) is 65.8 Å². The zero-order valence-electron chi connectivity index (χ0n) is 16.1. The van der Waals surface area contributed by atoms with Crippen molar-refractivity contribution in [1.29, 1.82) is 0 Å². The largest absolute Gasteiger partial charge is 0.394 e. The minimum Gasteiger partial charge on any atom is -0.394 e. The molecule has 1 saturated heterocycles. The maximum atomic E-state index is 10.3. The number of imidazole rings is 1. The highest BCUT2D eigenvalue weighted by Gasteiger charge is 2.44. The highest BCUT2D eigenvalue weighted by Crippen LogP contribution is 2.32. The zero-order chi connectivity index (χ0) is 20.4. The van der Waals surface area contributed by atoms with E-state index in [1.54, 1.807) is 4.57 Å².